The van der Waals surface area contributed by atoms with E-state index in [1.165, 1.54) is 39.7 Å². The van der Waals surface area contributed by atoms with Gasteiger partial charge in [-0.15, -0.1) is 0 Å². The Kier molecular flexibility index (Phi) is 7.92. The van der Waals surface area contributed by atoms with E-state index in [1.54, 1.807) is 36.4 Å². The fourth-order valence-electron chi connectivity index (χ4n) is 7.92. The summed E-state index contributed by atoms with van der Waals surface area (Å²) in [7, 11) is 0. The molecule has 4 atom stereocenters. The third-order valence-corrected chi connectivity index (χ3v) is 10.7. The maximum atomic E-state index is 15.3. The number of pyridine rings is 1. The van der Waals surface area contributed by atoms with Crippen molar-refractivity contribution in [1.29, 1.82) is 0 Å². The highest BCUT2D eigenvalue weighted by atomic mass is 35.5. The third-order valence-electron chi connectivity index (χ3n) is 10.1. The molecule has 2 amide bonds. The van der Waals surface area contributed by atoms with E-state index < -0.39 is 80.6 Å². The van der Waals surface area contributed by atoms with Crippen LogP contribution in [0, 0.1) is 11.7 Å². The first kappa shape index (κ1) is 34.4. The Labute approximate surface area is 305 Å². The summed E-state index contributed by atoms with van der Waals surface area (Å²) in [5.74, 6) is -6.43. The van der Waals surface area contributed by atoms with Crippen molar-refractivity contribution in [1.82, 2.24) is 23.9 Å². The normalized spacial score (nSPS) is 22.3. The molecule has 11 nitrogen and oxygen atoms in total. The molecule has 2 aromatic heterocycles. The van der Waals surface area contributed by atoms with Gasteiger partial charge in [0.1, 0.15) is 0 Å². The fourth-order valence-corrected chi connectivity index (χ4v) is 8.25. The maximum Gasteiger partial charge on any atom is 0.417 e. The second-order valence-corrected chi connectivity index (χ2v) is 13.7. The van der Waals surface area contributed by atoms with Crippen LogP contribution in [0.5, 0.6) is 5.75 Å². The van der Waals surface area contributed by atoms with Gasteiger partial charge >= 0.3 is 17.6 Å². The Hall–Kier alpha value is -5.67. The van der Waals surface area contributed by atoms with Crippen LogP contribution in [0.1, 0.15) is 35.1 Å². The van der Waals surface area contributed by atoms with E-state index in [2.05, 4.69) is 10.4 Å². The average Bonchev–Trinajstić information content (AvgIpc) is 3.51. The summed E-state index contributed by atoms with van der Waals surface area (Å²) in [5.41, 5.74) is -0.787. The first-order valence-electron chi connectivity index (χ1n) is 16.1. The number of hydrogen-bond acceptors (Lipinski definition) is 7. The molecule has 2 aliphatic heterocycles. The molecule has 1 saturated carbocycles. The fraction of sp³-hybridized carbons (Fsp3) is 0.194. The van der Waals surface area contributed by atoms with E-state index in [0.717, 1.165) is 16.7 Å². The van der Waals surface area contributed by atoms with E-state index >= 15 is 9.18 Å². The van der Waals surface area contributed by atoms with Gasteiger partial charge in [-0.1, -0.05) is 65.7 Å². The number of rotatable bonds is 5. The molecule has 8 rings (SSSR count). The monoisotopic (exact) mass is 766 g/mol. The number of nitrogens with zero attached hydrogens (tertiary/aromatic N) is 5. The number of amides is 2. The van der Waals surface area contributed by atoms with E-state index in [9.17, 15) is 32.7 Å². The molecule has 1 saturated heterocycles. The highest BCUT2D eigenvalue weighted by molar-refractivity contribution is 6.33. The van der Waals surface area contributed by atoms with Crippen molar-refractivity contribution in [2.45, 2.75) is 36.5 Å². The second-order valence-electron chi connectivity index (χ2n) is 12.8. The van der Waals surface area contributed by atoms with Crippen molar-refractivity contribution in [3.8, 4) is 11.4 Å². The van der Waals surface area contributed by atoms with Gasteiger partial charge in [-0.2, -0.15) is 18.2 Å². The van der Waals surface area contributed by atoms with Gasteiger partial charge in [0.25, 0.3) is 11.8 Å². The third kappa shape index (κ3) is 5.12. The number of aromatic hydroxyl groups is 1. The average molecular weight is 768 g/mol. The van der Waals surface area contributed by atoms with Crippen molar-refractivity contribution in [2.24, 2.45) is 5.92 Å². The molecule has 53 heavy (non-hydrogen) atoms. The number of hydrogen-bond donors (Lipinski definition) is 2. The van der Waals surface area contributed by atoms with Gasteiger partial charge in [0, 0.05) is 17.1 Å². The van der Waals surface area contributed by atoms with Gasteiger partial charge in [0.2, 0.25) is 0 Å². The molecule has 1 aliphatic carbocycles. The highest BCUT2D eigenvalue weighted by Crippen LogP contribution is 2.62. The smallest absolute Gasteiger partial charge is 0.417 e. The van der Waals surface area contributed by atoms with Gasteiger partial charge in [-0.05, 0) is 65.6 Å². The Morgan fingerprint density at radius 1 is 0.925 bits per heavy atom. The van der Waals surface area contributed by atoms with Gasteiger partial charge in [-0.25, -0.2) is 32.9 Å². The zero-order valence-electron chi connectivity index (χ0n) is 26.9. The lowest BCUT2D eigenvalue weighted by atomic mass is 9.53. The predicted molar refractivity (Wildman–Crippen MR) is 183 cm³/mol. The summed E-state index contributed by atoms with van der Waals surface area (Å²) in [6.07, 6.45) is -2.85. The van der Waals surface area contributed by atoms with Gasteiger partial charge < -0.3 is 5.11 Å². The van der Waals surface area contributed by atoms with Crippen molar-refractivity contribution in [2.75, 3.05) is 5.43 Å². The van der Waals surface area contributed by atoms with Crippen LogP contribution in [-0.2, 0) is 27.7 Å². The largest absolute Gasteiger partial charge is 0.505 e. The van der Waals surface area contributed by atoms with Crippen molar-refractivity contribution >= 4 is 40.8 Å². The minimum atomic E-state index is -4.78. The van der Waals surface area contributed by atoms with Crippen LogP contribution >= 0.6 is 23.2 Å². The zero-order valence-corrected chi connectivity index (χ0v) is 28.4. The van der Waals surface area contributed by atoms with E-state index in [0.29, 0.717) is 33.6 Å². The SMILES string of the molecule is O=C1[C@@H]2C[C@@H]3C(=CCn4c(=O)n(-c5ccccc5)c(=O)n43)[C@H](c3ccc(O)c(F)c3)[C@]2(c2ccc(Cl)cc2)C(=O)N1Nc1ncc(C(F)(F)F)cc1Cl. The summed E-state index contributed by atoms with van der Waals surface area (Å²) in [4.78, 5) is 61.5. The number of alkyl halides is 3. The van der Waals surface area contributed by atoms with Gasteiger partial charge in [0.05, 0.1) is 40.2 Å². The molecule has 0 bridgehead atoms. The summed E-state index contributed by atoms with van der Waals surface area (Å²) < 4.78 is 58.9. The van der Waals surface area contributed by atoms with Gasteiger partial charge in [-0.3, -0.25) is 15.0 Å². The second kappa shape index (κ2) is 12.2. The number of nitrogens with one attached hydrogen (secondary N) is 1. The van der Waals surface area contributed by atoms with E-state index in [-0.39, 0.29) is 24.1 Å². The minimum Gasteiger partial charge on any atom is -0.505 e. The lowest BCUT2D eigenvalue weighted by Crippen LogP contribution is -2.53. The minimum absolute atomic E-state index is 0.132. The number of aromatic nitrogens is 4. The van der Waals surface area contributed by atoms with Gasteiger partial charge in [0.15, 0.2) is 17.4 Å². The van der Waals surface area contributed by atoms with Crippen LogP contribution in [0.2, 0.25) is 10.0 Å². The Morgan fingerprint density at radius 3 is 2.30 bits per heavy atom. The number of hydrazine groups is 1. The number of phenols is 1. The molecule has 2 fully saturated rings. The van der Waals surface area contributed by atoms with Crippen molar-refractivity contribution in [3.05, 3.63) is 150 Å². The highest BCUT2D eigenvalue weighted by Gasteiger charge is 2.69. The van der Waals surface area contributed by atoms with Crippen LogP contribution in [0.4, 0.5) is 23.4 Å². The number of halogens is 6. The number of fused-ring (bicyclic) bond motifs is 4. The molecule has 270 valence electrons. The first-order chi connectivity index (χ1) is 25.2. The lowest BCUT2D eigenvalue weighted by molar-refractivity contribution is -0.139. The molecule has 0 unspecified atom stereocenters. The molecule has 4 heterocycles. The number of para-hydroxylation sites is 1. The molecule has 3 aliphatic rings. The summed E-state index contributed by atoms with van der Waals surface area (Å²) in [6.45, 7) is -0.132. The number of benzene rings is 3. The molecular formula is C36H24Cl2F4N6O5. The van der Waals surface area contributed by atoms with Crippen molar-refractivity contribution < 1.29 is 32.3 Å². The summed E-state index contributed by atoms with van der Waals surface area (Å²) >= 11 is 12.5. The molecule has 5 aromatic rings. The Balaban J connectivity index is 1.36. The number of anilines is 1. The van der Waals surface area contributed by atoms with Crippen molar-refractivity contribution in [3.63, 3.8) is 0 Å². The molecule has 2 N–H and O–H groups in total. The van der Waals surface area contributed by atoms with Crippen LogP contribution < -0.4 is 16.8 Å². The number of allylic oxidation sites excluding steroid dienone is 2. The van der Waals surface area contributed by atoms with Crippen LogP contribution in [-0.4, -0.2) is 40.8 Å². The standard InChI is InChI=1S/C36H24Cl2F4N6O5/c37-21-9-7-19(8-10-21)35-24(31(50)47(32(35)51)44-30-25(38)15-20(17-43-30)36(40,41)42)16-27-23(29(35)18-6-11-28(49)26(39)14-18)12-13-45-33(52)46(34(53)48(27)45)22-4-2-1-3-5-22/h1-12,14-15,17,24,27,29,49H,13,16H2,(H,43,44)/t24-,27+,29-,35+/m0/s1. The molecular weight excluding hydrogens is 743 g/mol. The number of carbonyl (C=O) groups is 2. The Morgan fingerprint density at radius 2 is 1.64 bits per heavy atom. The number of imide groups is 1. The predicted octanol–water partition coefficient (Wildman–Crippen LogP) is 5.98. The van der Waals surface area contributed by atoms with E-state index in [1.807, 2.05) is 0 Å². The molecule has 0 spiro atoms. The Bertz CT molecular complexity index is 2500. The van der Waals surface area contributed by atoms with E-state index in [4.69, 9.17) is 23.2 Å². The molecule has 0 radical (unpaired) electrons. The van der Waals surface area contributed by atoms with Crippen LogP contribution in [0.25, 0.3) is 5.69 Å². The quantitative estimate of drug-likeness (QED) is 0.128. The lowest BCUT2D eigenvalue weighted by Gasteiger charge is -2.49. The first-order valence-corrected chi connectivity index (χ1v) is 16.8. The summed E-state index contributed by atoms with van der Waals surface area (Å²) in [6, 6.07) is 17.4. The summed E-state index contributed by atoms with van der Waals surface area (Å²) in [5, 5.41) is 10.5. The number of phenolic OH excluding ortho intramolecular Hbond substituents is 1. The molecule has 17 heteroatoms. The maximum absolute atomic E-state index is 15.3. The zero-order chi connectivity index (χ0) is 37.6. The molecule has 3 aromatic carbocycles. The topological polar surface area (TPSA) is 131 Å². The van der Waals surface area contributed by atoms with Crippen LogP contribution in [0.3, 0.4) is 0 Å². The number of carbonyl (C=O) groups excluding carboxylic acids is 2. The van der Waals surface area contributed by atoms with Crippen LogP contribution in [0.15, 0.2) is 106 Å².